The van der Waals surface area contributed by atoms with E-state index in [1.807, 2.05) is 66.7 Å². The average Bonchev–Trinajstić information content (AvgIpc) is 3.19. The molecule has 3 aromatic carbocycles. The number of hydrogen-bond acceptors (Lipinski definition) is 6. The maximum absolute atomic E-state index is 11.8. The van der Waals surface area contributed by atoms with Crippen LogP contribution in [0.2, 0.25) is 0 Å². The molecule has 0 spiro atoms. The summed E-state index contributed by atoms with van der Waals surface area (Å²) < 4.78 is 17.9. The third kappa shape index (κ3) is 7.02. The van der Waals surface area contributed by atoms with E-state index in [1.54, 1.807) is 0 Å². The molecule has 1 atom stereocenters. The Bertz CT molecular complexity index is 1150. The van der Waals surface area contributed by atoms with Crippen LogP contribution in [0.1, 0.15) is 36.6 Å². The molecule has 3 aromatic rings. The van der Waals surface area contributed by atoms with E-state index >= 15 is 0 Å². The van der Waals surface area contributed by atoms with Gasteiger partial charge in [0.25, 0.3) is 5.24 Å². The van der Waals surface area contributed by atoms with Gasteiger partial charge < -0.3 is 14.2 Å². The summed E-state index contributed by atoms with van der Waals surface area (Å²) in [6.07, 6.45) is 1.62. The van der Waals surface area contributed by atoms with Gasteiger partial charge in [0.15, 0.2) is 0 Å². The van der Waals surface area contributed by atoms with Gasteiger partial charge in [-0.05, 0) is 77.7 Å². The molecular weight excluding hydrogens is 462 g/mol. The number of amides is 2. The first-order valence-electron chi connectivity index (χ1n) is 11.7. The molecule has 1 heterocycles. The van der Waals surface area contributed by atoms with Crippen LogP contribution in [0.4, 0.5) is 4.79 Å². The number of ether oxygens (including phenoxy) is 3. The molecule has 1 unspecified atom stereocenters. The third-order valence-electron chi connectivity index (χ3n) is 5.33. The second kappa shape index (κ2) is 11.8. The first-order chi connectivity index (χ1) is 17.0. The molecular formula is C28H29NO5S. The van der Waals surface area contributed by atoms with Gasteiger partial charge >= 0.3 is 0 Å². The molecule has 0 radical (unpaired) electrons. The van der Waals surface area contributed by atoms with Crippen molar-refractivity contribution in [3.8, 4) is 23.0 Å². The summed E-state index contributed by atoms with van der Waals surface area (Å²) in [6, 6.07) is 23.0. The lowest BCUT2D eigenvalue weighted by Crippen LogP contribution is -2.20. The molecule has 7 heteroatoms. The molecule has 0 saturated carbocycles. The first kappa shape index (κ1) is 24.7. The second-order valence-corrected chi connectivity index (χ2v) is 9.75. The standard InChI is InChI=1S/C28H29NO5S/c1-19(2)17-21-18-24(13-14-25(21)34-23-7-4-3-5-8-23)33-16-6-15-32-22-11-9-20(10-12-22)26-27(30)29-28(31)35-26/h3-5,7-14,18-19,26H,6,15-17H2,1-2H3,(H,29,30,31). The summed E-state index contributed by atoms with van der Waals surface area (Å²) in [7, 11) is 0. The Morgan fingerprint density at radius 1 is 0.857 bits per heavy atom. The van der Waals surface area contributed by atoms with E-state index in [-0.39, 0.29) is 11.1 Å². The van der Waals surface area contributed by atoms with Gasteiger partial charge in [-0.1, -0.05) is 44.2 Å². The van der Waals surface area contributed by atoms with Gasteiger partial charge in [-0.3, -0.25) is 14.9 Å². The summed E-state index contributed by atoms with van der Waals surface area (Å²) >= 11 is 0.995. The minimum atomic E-state index is -0.491. The van der Waals surface area contributed by atoms with Crippen LogP contribution in [0.15, 0.2) is 72.8 Å². The van der Waals surface area contributed by atoms with Crippen molar-refractivity contribution in [3.63, 3.8) is 0 Å². The molecule has 0 bridgehead atoms. The fourth-order valence-electron chi connectivity index (χ4n) is 3.71. The predicted octanol–water partition coefficient (Wildman–Crippen LogP) is 6.55. The Labute approximate surface area is 210 Å². The van der Waals surface area contributed by atoms with Crippen LogP contribution < -0.4 is 19.5 Å². The molecule has 1 saturated heterocycles. The van der Waals surface area contributed by atoms with Crippen LogP contribution in [-0.4, -0.2) is 24.4 Å². The van der Waals surface area contributed by atoms with Crippen molar-refractivity contribution in [1.82, 2.24) is 5.32 Å². The zero-order valence-corrected chi connectivity index (χ0v) is 20.7. The van der Waals surface area contributed by atoms with Gasteiger partial charge in [-0.2, -0.15) is 0 Å². The van der Waals surface area contributed by atoms with E-state index in [2.05, 4.69) is 25.2 Å². The molecule has 1 aliphatic rings. The van der Waals surface area contributed by atoms with Crippen LogP contribution in [-0.2, 0) is 11.2 Å². The maximum atomic E-state index is 11.8. The quantitative estimate of drug-likeness (QED) is 0.307. The molecule has 0 aromatic heterocycles. The predicted molar refractivity (Wildman–Crippen MR) is 137 cm³/mol. The van der Waals surface area contributed by atoms with Crippen LogP contribution in [0.5, 0.6) is 23.0 Å². The lowest BCUT2D eigenvalue weighted by atomic mass is 10.0. The number of thioether (sulfide) groups is 1. The lowest BCUT2D eigenvalue weighted by Gasteiger charge is -2.15. The highest BCUT2D eigenvalue weighted by atomic mass is 32.2. The Morgan fingerprint density at radius 2 is 1.54 bits per heavy atom. The number of rotatable bonds is 11. The number of para-hydroxylation sites is 1. The number of nitrogens with one attached hydrogen (secondary N) is 1. The molecule has 0 aliphatic carbocycles. The van der Waals surface area contributed by atoms with Gasteiger partial charge in [0.1, 0.15) is 28.2 Å². The number of imide groups is 1. The number of hydrogen-bond donors (Lipinski definition) is 1. The highest BCUT2D eigenvalue weighted by molar-refractivity contribution is 8.15. The third-order valence-corrected chi connectivity index (χ3v) is 6.37. The molecule has 182 valence electrons. The fraction of sp³-hybridized carbons (Fsp3) is 0.286. The topological polar surface area (TPSA) is 73.9 Å². The van der Waals surface area contributed by atoms with Crippen molar-refractivity contribution in [2.75, 3.05) is 13.2 Å². The Balaban J connectivity index is 1.26. The average molecular weight is 492 g/mol. The minimum Gasteiger partial charge on any atom is -0.493 e. The van der Waals surface area contributed by atoms with Crippen molar-refractivity contribution in [3.05, 3.63) is 83.9 Å². The van der Waals surface area contributed by atoms with Crippen LogP contribution >= 0.6 is 11.8 Å². The summed E-state index contributed by atoms with van der Waals surface area (Å²) in [5.74, 6) is 3.40. The van der Waals surface area contributed by atoms with Crippen molar-refractivity contribution >= 4 is 22.9 Å². The molecule has 2 amide bonds. The monoisotopic (exact) mass is 491 g/mol. The lowest BCUT2D eigenvalue weighted by molar-refractivity contribution is -0.119. The van der Waals surface area contributed by atoms with Crippen LogP contribution in [0.25, 0.3) is 0 Å². The zero-order chi connectivity index (χ0) is 24.6. The first-order valence-corrected chi connectivity index (χ1v) is 12.6. The van der Waals surface area contributed by atoms with Gasteiger partial charge in [-0.15, -0.1) is 0 Å². The Kier molecular flexibility index (Phi) is 8.32. The molecule has 1 fully saturated rings. The Hall–Kier alpha value is -3.45. The largest absolute Gasteiger partial charge is 0.493 e. The highest BCUT2D eigenvalue weighted by Crippen LogP contribution is 2.35. The van der Waals surface area contributed by atoms with E-state index in [0.29, 0.717) is 24.9 Å². The second-order valence-electron chi connectivity index (χ2n) is 8.68. The summed E-state index contributed by atoms with van der Waals surface area (Å²) in [6.45, 7) is 5.40. The highest BCUT2D eigenvalue weighted by Gasteiger charge is 2.32. The van der Waals surface area contributed by atoms with Crippen molar-refractivity contribution in [2.24, 2.45) is 5.92 Å². The smallest absolute Gasteiger partial charge is 0.286 e. The summed E-state index contributed by atoms with van der Waals surface area (Å²) in [4.78, 5) is 23.2. The van der Waals surface area contributed by atoms with Crippen LogP contribution in [0, 0.1) is 5.92 Å². The van der Waals surface area contributed by atoms with E-state index in [0.717, 1.165) is 53.0 Å². The van der Waals surface area contributed by atoms with Gasteiger partial charge in [0.05, 0.1) is 13.2 Å². The van der Waals surface area contributed by atoms with E-state index < -0.39 is 5.25 Å². The molecule has 35 heavy (non-hydrogen) atoms. The number of benzene rings is 3. The van der Waals surface area contributed by atoms with Gasteiger partial charge in [0.2, 0.25) is 5.91 Å². The zero-order valence-electron chi connectivity index (χ0n) is 19.9. The minimum absolute atomic E-state index is 0.276. The van der Waals surface area contributed by atoms with E-state index in [9.17, 15) is 9.59 Å². The molecule has 4 rings (SSSR count). The summed E-state index contributed by atoms with van der Waals surface area (Å²) in [5, 5.41) is 1.50. The van der Waals surface area contributed by atoms with Crippen molar-refractivity contribution in [2.45, 2.75) is 31.9 Å². The SMILES string of the molecule is CC(C)Cc1cc(OCCCOc2ccc(C3SC(=O)NC3=O)cc2)ccc1Oc1ccccc1. The molecule has 6 nitrogen and oxygen atoms in total. The van der Waals surface area contributed by atoms with E-state index in [1.165, 1.54) is 0 Å². The number of carbonyl (C=O) groups excluding carboxylic acids is 2. The van der Waals surface area contributed by atoms with Gasteiger partial charge in [-0.25, -0.2) is 0 Å². The number of carbonyl (C=O) groups is 2. The van der Waals surface area contributed by atoms with Crippen molar-refractivity contribution < 1.29 is 23.8 Å². The normalized spacial score (nSPS) is 15.2. The molecule has 1 aliphatic heterocycles. The maximum Gasteiger partial charge on any atom is 0.286 e. The fourth-order valence-corrected chi connectivity index (χ4v) is 4.55. The van der Waals surface area contributed by atoms with Gasteiger partial charge in [0, 0.05) is 6.42 Å². The molecule has 1 N–H and O–H groups in total. The van der Waals surface area contributed by atoms with Crippen LogP contribution in [0.3, 0.4) is 0 Å². The van der Waals surface area contributed by atoms with E-state index in [4.69, 9.17) is 14.2 Å². The van der Waals surface area contributed by atoms with Crippen molar-refractivity contribution in [1.29, 1.82) is 0 Å². The summed E-state index contributed by atoms with van der Waals surface area (Å²) in [5.41, 5.74) is 1.90. The Morgan fingerprint density at radius 3 is 2.20 bits per heavy atom.